The highest BCUT2D eigenvalue weighted by Crippen LogP contribution is 2.18. The van der Waals surface area contributed by atoms with Gasteiger partial charge in [-0.1, -0.05) is 18.2 Å². The van der Waals surface area contributed by atoms with Crippen molar-refractivity contribution in [2.75, 3.05) is 14.2 Å². The standard InChI is InChI=1S/C11H15NO2/c1-9(13)12(2)8-10-6-4-5-7-11(10)14-3/h4-7H,8H2,1-3H3. The van der Waals surface area contributed by atoms with E-state index in [9.17, 15) is 4.79 Å². The first-order chi connectivity index (χ1) is 6.65. The zero-order valence-corrected chi connectivity index (χ0v) is 8.78. The summed E-state index contributed by atoms with van der Waals surface area (Å²) in [5.74, 6) is 0.872. The molecule has 76 valence electrons. The average molecular weight is 193 g/mol. The summed E-state index contributed by atoms with van der Waals surface area (Å²) in [6.45, 7) is 2.13. The quantitative estimate of drug-likeness (QED) is 0.730. The zero-order chi connectivity index (χ0) is 10.6. The molecule has 0 N–H and O–H groups in total. The van der Waals surface area contributed by atoms with Crippen molar-refractivity contribution in [1.82, 2.24) is 4.90 Å². The lowest BCUT2D eigenvalue weighted by molar-refractivity contribution is -0.128. The van der Waals surface area contributed by atoms with Crippen LogP contribution in [0.3, 0.4) is 0 Å². The van der Waals surface area contributed by atoms with Gasteiger partial charge in [0.15, 0.2) is 0 Å². The van der Waals surface area contributed by atoms with Gasteiger partial charge in [-0.3, -0.25) is 4.79 Å². The van der Waals surface area contributed by atoms with Crippen LogP contribution < -0.4 is 4.74 Å². The second-order valence-electron chi connectivity index (χ2n) is 3.19. The van der Waals surface area contributed by atoms with Crippen LogP contribution in [-0.4, -0.2) is 25.0 Å². The summed E-state index contributed by atoms with van der Waals surface area (Å²) in [6, 6.07) is 7.70. The molecular weight excluding hydrogens is 178 g/mol. The van der Waals surface area contributed by atoms with E-state index in [0.717, 1.165) is 11.3 Å². The Morgan fingerprint density at radius 2 is 2.07 bits per heavy atom. The molecule has 0 aliphatic carbocycles. The van der Waals surface area contributed by atoms with Crippen LogP contribution >= 0.6 is 0 Å². The molecule has 0 radical (unpaired) electrons. The van der Waals surface area contributed by atoms with Crippen LogP contribution in [0.2, 0.25) is 0 Å². The van der Waals surface area contributed by atoms with Gasteiger partial charge in [-0.2, -0.15) is 0 Å². The number of carbonyl (C=O) groups is 1. The highest BCUT2D eigenvalue weighted by Gasteiger charge is 2.06. The van der Waals surface area contributed by atoms with Crippen LogP contribution in [0.15, 0.2) is 24.3 Å². The second-order valence-corrected chi connectivity index (χ2v) is 3.19. The fraction of sp³-hybridized carbons (Fsp3) is 0.364. The van der Waals surface area contributed by atoms with Gasteiger partial charge in [0.25, 0.3) is 0 Å². The number of hydrogen-bond donors (Lipinski definition) is 0. The monoisotopic (exact) mass is 193 g/mol. The zero-order valence-electron chi connectivity index (χ0n) is 8.78. The van der Waals surface area contributed by atoms with Gasteiger partial charge < -0.3 is 9.64 Å². The first-order valence-electron chi connectivity index (χ1n) is 4.48. The van der Waals surface area contributed by atoms with E-state index in [1.165, 1.54) is 0 Å². The predicted octanol–water partition coefficient (Wildman–Crippen LogP) is 1.67. The first kappa shape index (κ1) is 10.6. The Labute approximate surface area is 84.3 Å². The number of para-hydroxylation sites is 1. The molecule has 0 heterocycles. The summed E-state index contributed by atoms with van der Waals surface area (Å²) in [7, 11) is 3.40. The summed E-state index contributed by atoms with van der Waals surface area (Å²) in [5.41, 5.74) is 1.02. The number of carbonyl (C=O) groups excluding carboxylic acids is 1. The molecule has 0 aliphatic rings. The third kappa shape index (κ3) is 2.49. The summed E-state index contributed by atoms with van der Waals surface area (Å²) >= 11 is 0. The van der Waals surface area contributed by atoms with Crippen molar-refractivity contribution < 1.29 is 9.53 Å². The summed E-state index contributed by atoms with van der Waals surface area (Å²) in [4.78, 5) is 12.7. The van der Waals surface area contributed by atoms with Crippen LogP contribution in [0.5, 0.6) is 5.75 Å². The van der Waals surface area contributed by atoms with Gasteiger partial charge in [-0.15, -0.1) is 0 Å². The minimum absolute atomic E-state index is 0.0518. The second kappa shape index (κ2) is 4.65. The minimum atomic E-state index is 0.0518. The van der Waals surface area contributed by atoms with Crippen molar-refractivity contribution in [2.24, 2.45) is 0 Å². The van der Waals surface area contributed by atoms with Crippen LogP contribution in [-0.2, 0) is 11.3 Å². The Bertz CT molecular complexity index is 323. The lowest BCUT2D eigenvalue weighted by Crippen LogP contribution is -2.23. The Morgan fingerprint density at radius 1 is 1.43 bits per heavy atom. The van der Waals surface area contributed by atoms with Gasteiger partial charge in [0.05, 0.1) is 7.11 Å². The van der Waals surface area contributed by atoms with Gasteiger partial charge >= 0.3 is 0 Å². The molecule has 0 atom stereocenters. The topological polar surface area (TPSA) is 29.5 Å². The van der Waals surface area contributed by atoms with Gasteiger partial charge in [0.2, 0.25) is 5.91 Å². The molecule has 1 rings (SSSR count). The van der Waals surface area contributed by atoms with Crippen molar-refractivity contribution in [3.8, 4) is 5.75 Å². The van der Waals surface area contributed by atoms with Crippen molar-refractivity contribution >= 4 is 5.91 Å². The van der Waals surface area contributed by atoms with Crippen LogP contribution in [0.4, 0.5) is 0 Å². The van der Waals surface area contributed by atoms with E-state index < -0.39 is 0 Å². The molecule has 1 aromatic rings. The Hall–Kier alpha value is -1.51. The number of amides is 1. The highest BCUT2D eigenvalue weighted by atomic mass is 16.5. The molecule has 0 aliphatic heterocycles. The van der Waals surface area contributed by atoms with E-state index in [4.69, 9.17) is 4.74 Å². The summed E-state index contributed by atoms with van der Waals surface area (Å²) < 4.78 is 5.19. The smallest absolute Gasteiger partial charge is 0.219 e. The van der Waals surface area contributed by atoms with Crippen molar-refractivity contribution in [3.05, 3.63) is 29.8 Å². The third-order valence-electron chi connectivity index (χ3n) is 2.14. The average Bonchev–Trinajstić information content (AvgIpc) is 2.18. The van der Waals surface area contributed by atoms with Gasteiger partial charge in [0, 0.05) is 26.1 Å². The lowest BCUT2D eigenvalue weighted by atomic mass is 10.2. The number of benzene rings is 1. The molecule has 0 spiro atoms. The molecule has 0 bridgehead atoms. The van der Waals surface area contributed by atoms with Crippen LogP contribution in [0.1, 0.15) is 12.5 Å². The van der Waals surface area contributed by atoms with Crippen molar-refractivity contribution in [2.45, 2.75) is 13.5 Å². The number of methoxy groups -OCH3 is 1. The van der Waals surface area contributed by atoms with Gasteiger partial charge in [0.1, 0.15) is 5.75 Å². The van der Waals surface area contributed by atoms with E-state index >= 15 is 0 Å². The van der Waals surface area contributed by atoms with Crippen LogP contribution in [0.25, 0.3) is 0 Å². The fourth-order valence-electron chi connectivity index (χ4n) is 1.20. The Morgan fingerprint density at radius 3 is 2.64 bits per heavy atom. The minimum Gasteiger partial charge on any atom is -0.496 e. The molecule has 1 aromatic carbocycles. The normalized spacial score (nSPS) is 9.64. The molecule has 0 fully saturated rings. The fourth-order valence-corrected chi connectivity index (χ4v) is 1.20. The molecule has 3 heteroatoms. The summed E-state index contributed by atoms with van der Waals surface area (Å²) in [6.07, 6.45) is 0. The highest BCUT2D eigenvalue weighted by molar-refractivity contribution is 5.72. The number of hydrogen-bond acceptors (Lipinski definition) is 2. The molecular formula is C11H15NO2. The van der Waals surface area contributed by atoms with Crippen LogP contribution in [0, 0.1) is 0 Å². The Kier molecular flexibility index (Phi) is 3.51. The van der Waals surface area contributed by atoms with Crippen molar-refractivity contribution in [1.29, 1.82) is 0 Å². The molecule has 3 nitrogen and oxygen atoms in total. The van der Waals surface area contributed by atoms with Gasteiger partial charge in [-0.05, 0) is 6.07 Å². The van der Waals surface area contributed by atoms with E-state index in [0.29, 0.717) is 6.54 Å². The maximum Gasteiger partial charge on any atom is 0.219 e. The molecule has 0 aromatic heterocycles. The van der Waals surface area contributed by atoms with E-state index in [1.807, 2.05) is 24.3 Å². The maximum atomic E-state index is 11.0. The molecule has 0 unspecified atom stereocenters. The largest absolute Gasteiger partial charge is 0.496 e. The molecule has 0 saturated heterocycles. The molecule has 0 saturated carbocycles. The maximum absolute atomic E-state index is 11.0. The lowest BCUT2D eigenvalue weighted by Gasteiger charge is -2.16. The van der Waals surface area contributed by atoms with Gasteiger partial charge in [-0.25, -0.2) is 0 Å². The van der Waals surface area contributed by atoms with E-state index in [-0.39, 0.29) is 5.91 Å². The number of nitrogens with zero attached hydrogens (tertiary/aromatic N) is 1. The first-order valence-corrected chi connectivity index (χ1v) is 4.48. The summed E-state index contributed by atoms with van der Waals surface area (Å²) in [5, 5.41) is 0. The van der Waals surface area contributed by atoms with Crippen molar-refractivity contribution in [3.63, 3.8) is 0 Å². The SMILES string of the molecule is COc1ccccc1CN(C)C(C)=O. The molecule has 1 amide bonds. The Balaban J connectivity index is 2.80. The molecule has 14 heavy (non-hydrogen) atoms. The third-order valence-corrected chi connectivity index (χ3v) is 2.14. The van der Waals surface area contributed by atoms with E-state index in [2.05, 4.69) is 0 Å². The number of rotatable bonds is 3. The predicted molar refractivity (Wildman–Crippen MR) is 55.1 cm³/mol. The number of ether oxygens (including phenoxy) is 1. The van der Waals surface area contributed by atoms with E-state index in [1.54, 1.807) is 26.0 Å².